The molecule has 0 aromatic heterocycles. The number of piperidine rings is 1. The number of rotatable bonds is 1. The third-order valence-corrected chi connectivity index (χ3v) is 3.31. The van der Waals surface area contributed by atoms with Crippen molar-refractivity contribution in [3.8, 4) is 0 Å². The predicted molar refractivity (Wildman–Crippen MR) is 67.6 cm³/mol. The third-order valence-electron chi connectivity index (χ3n) is 3.31. The average molecular weight is 229 g/mol. The van der Waals surface area contributed by atoms with E-state index in [0.29, 0.717) is 0 Å². The van der Waals surface area contributed by atoms with Gasteiger partial charge in [-0.2, -0.15) is 0 Å². The smallest absolute Gasteiger partial charge is 0.307 e. The van der Waals surface area contributed by atoms with Crippen LogP contribution >= 0.6 is 0 Å². The monoisotopic (exact) mass is 229 g/mol. The molecule has 1 N–H and O–H groups in total. The van der Waals surface area contributed by atoms with Gasteiger partial charge in [-0.15, -0.1) is 0 Å². The fourth-order valence-corrected chi connectivity index (χ4v) is 2.44. The van der Waals surface area contributed by atoms with E-state index in [1.54, 1.807) is 0 Å². The zero-order valence-electron chi connectivity index (χ0n) is 11.4. The Hall–Kier alpha value is -0.570. The lowest BCUT2D eigenvalue weighted by Gasteiger charge is -2.34. The Morgan fingerprint density at radius 1 is 1.25 bits per heavy atom. The molecule has 1 atom stereocenters. The minimum absolute atomic E-state index is 0.0614. The van der Waals surface area contributed by atoms with Crippen molar-refractivity contribution in [2.75, 3.05) is 20.1 Å². The zero-order chi connectivity index (χ0) is 12.8. The van der Waals surface area contributed by atoms with Crippen LogP contribution < -0.4 is 0 Å². The SMILES string of the molecule is CC.CC.CN1CCC(C(=O)O)C2(CC2)C1. The summed E-state index contributed by atoms with van der Waals surface area (Å²) in [6.07, 6.45) is 3.08. The molecule has 1 spiro atoms. The standard InChI is InChI=1S/C9H15NO2.2C2H6/c1-10-5-2-7(8(11)12)9(6-10)3-4-9;2*1-2/h7H,2-6H2,1H3,(H,11,12);2*1-2H3. The van der Waals surface area contributed by atoms with E-state index in [1.165, 1.54) is 0 Å². The maximum absolute atomic E-state index is 10.9. The summed E-state index contributed by atoms with van der Waals surface area (Å²) in [7, 11) is 2.08. The number of likely N-dealkylation sites (tertiary alicyclic amines) is 1. The van der Waals surface area contributed by atoms with Gasteiger partial charge in [0.1, 0.15) is 0 Å². The first-order valence-electron chi connectivity index (χ1n) is 6.55. The highest BCUT2D eigenvalue weighted by atomic mass is 16.4. The van der Waals surface area contributed by atoms with Gasteiger partial charge in [0.15, 0.2) is 0 Å². The molecular weight excluding hydrogens is 202 g/mol. The van der Waals surface area contributed by atoms with Crippen LogP contribution in [0.4, 0.5) is 0 Å². The normalized spacial score (nSPS) is 25.9. The third kappa shape index (κ3) is 3.48. The van der Waals surface area contributed by atoms with E-state index in [4.69, 9.17) is 5.11 Å². The lowest BCUT2D eigenvalue weighted by atomic mass is 9.83. The fraction of sp³-hybridized carbons (Fsp3) is 0.923. The van der Waals surface area contributed by atoms with E-state index in [-0.39, 0.29) is 11.3 Å². The van der Waals surface area contributed by atoms with Crippen molar-refractivity contribution in [1.82, 2.24) is 4.90 Å². The van der Waals surface area contributed by atoms with Crippen molar-refractivity contribution >= 4 is 5.97 Å². The van der Waals surface area contributed by atoms with E-state index in [0.717, 1.165) is 32.4 Å². The topological polar surface area (TPSA) is 40.5 Å². The van der Waals surface area contributed by atoms with Crippen molar-refractivity contribution in [2.45, 2.75) is 47.0 Å². The van der Waals surface area contributed by atoms with Gasteiger partial charge in [0.25, 0.3) is 0 Å². The van der Waals surface area contributed by atoms with Crippen LogP contribution in [0.15, 0.2) is 0 Å². The second-order valence-electron chi connectivity index (χ2n) is 4.28. The van der Waals surface area contributed by atoms with Gasteiger partial charge in [0.2, 0.25) is 0 Å². The van der Waals surface area contributed by atoms with E-state index in [2.05, 4.69) is 11.9 Å². The van der Waals surface area contributed by atoms with Gasteiger partial charge < -0.3 is 10.0 Å². The number of hydrogen-bond donors (Lipinski definition) is 1. The van der Waals surface area contributed by atoms with Crippen LogP contribution in [0.25, 0.3) is 0 Å². The van der Waals surface area contributed by atoms with Gasteiger partial charge in [-0.1, -0.05) is 27.7 Å². The number of carboxylic acid groups (broad SMARTS) is 1. The molecule has 2 aliphatic rings. The summed E-state index contributed by atoms with van der Waals surface area (Å²) in [6.45, 7) is 9.93. The lowest BCUT2D eigenvalue weighted by molar-refractivity contribution is -0.146. The summed E-state index contributed by atoms with van der Waals surface area (Å²) >= 11 is 0. The highest BCUT2D eigenvalue weighted by Crippen LogP contribution is 2.55. The van der Waals surface area contributed by atoms with Crippen molar-refractivity contribution in [3.05, 3.63) is 0 Å². The highest BCUT2D eigenvalue weighted by Gasteiger charge is 2.54. The molecule has 96 valence electrons. The molecule has 1 unspecified atom stereocenters. The molecule has 0 amide bonds. The van der Waals surface area contributed by atoms with Crippen molar-refractivity contribution in [2.24, 2.45) is 11.3 Å². The molecule has 16 heavy (non-hydrogen) atoms. The Bertz CT molecular complexity index is 212. The fourth-order valence-electron chi connectivity index (χ4n) is 2.44. The molecule has 0 aromatic carbocycles. The molecule has 0 bridgehead atoms. The van der Waals surface area contributed by atoms with Gasteiger partial charge in [-0.3, -0.25) is 4.79 Å². The Kier molecular flexibility index (Phi) is 6.65. The summed E-state index contributed by atoms with van der Waals surface area (Å²) in [5.41, 5.74) is 0.166. The van der Waals surface area contributed by atoms with Crippen molar-refractivity contribution in [1.29, 1.82) is 0 Å². The molecule has 1 aliphatic heterocycles. The molecule has 1 saturated carbocycles. The number of carboxylic acids is 1. The Morgan fingerprint density at radius 2 is 1.75 bits per heavy atom. The summed E-state index contributed by atoms with van der Waals surface area (Å²) in [6, 6.07) is 0. The average Bonchev–Trinajstić information content (AvgIpc) is 3.03. The van der Waals surface area contributed by atoms with Crippen LogP contribution in [0.5, 0.6) is 0 Å². The summed E-state index contributed by atoms with van der Waals surface area (Å²) in [4.78, 5) is 13.2. The minimum atomic E-state index is -0.583. The largest absolute Gasteiger partial charge is 0.481 e. The Balaban J connectivity index is 0.000000509. The van der Waals surface area contributed by atoms with Crippen molar-refractivity contribution in [3.63, 3.8) is 0 Å². The van der Waals surface area contributed by atoms with Gasteiger partial charge in [0.05, 0.1) is 5.92 Å². The van der Waals surface area contributed by atoms with Crippen LogP contribution in [0, 0.1) is 11.3 Å². The molecule has 0 aromatic rings. The number of hydrogen-bond acceptors (Lipinski definition) is 2. The lowest BCUT2D eigenvalue weighted by Crippen LogP contribution is -2.42. The number of nitrogens with zero attached hydrogens (tertiary/aromatic N) is 1. The molecule has 3 nitrogen and oxygen atoms in total. The number of aliphatic carboxylic acids is 1. The van der Waals surface area contributed by atoms with Gasteiger partial charge >= 0.3 is 5.97 Å². The van der Waals surface area contributed by atoms with E-state index in [1.807, 2.05) is 27.7 Å². The molecule has 2 rings (SSSR count). The Labute approximate surface area is 99.8 Å². The molecule has 1 aliphatic carbocycles. The van der Waals surface area contributed by atoms with Crippen LogP contribution in [-0.4, -0.2) is 36.1 Å². The Morgan fingerprint density at radius 3 is 2.12 bits per heavy atom. The molecule has 3 heteroatoms. The first-order valence-corrected chi connectivity index (χ1v) is 6.55. The van der Waals surface area contributed by atoms with Crippen LogP contribution in [0.2, 0.25) is 0 Å². The van der Waals surface area contributed by atoms with Crippen LogP contribution in [-0.2, 0) is 4.79 Å². The maximum Gasteiger partial charge on any atom is 0.307 e. The van der Waals surface area contributed by atoms with E-state index in [9.17, 15) is 4.79 Å². The van der Waals surface area contributed by atoms with Crippen LogP contribution in [0.1, 0.15) is 47.0 Å². The minimum Gasteiger partial charge on any atom is -0.481 e. The van der Waals surface area contributed by atoms with Crippen molar-refractivity contribution < 1.29 is 9.90 Å². The summed E-state index contributed by atoms with van der Waals surface area (Å²) < 4.78 is 0. The first-order chi connectivity index (χ1) is 7.64. The van der Waals surface area contributed by atoms with Crippen LogP contribution in [0.3, 0.4) is 0 Å². The summed E-state index contributed by atoms with van der Waals surface area (Å²) in [5, 5.41) is 8.98. The number of carbonyl (C=O) groups is 1. The van der Waals surface area contributed by atoms with Gasteiger partial charge in [-0.05, 0) is 38.3 Å². The maximum atomic E-state index is 10.9. The van der Waals surface area contributed by atoms with Gasteiger partial charge in [-0.25, -0.2) is 0 Å². The van der Waals surface area contributed by atoms with E-state index >= 15 is 0 Å². The zero-order valence-corrected chi connectivity index (χ0v) is 11.4. The summed E-state index contributed by atoms with van der Waals surface area (Å²) in [5.74, 6) is -0.644. The first kappa shape index (κ1) is 15.4. The molecule has 2 fully saturated rings. The van der Waals surface area contributed by atoms with E-state index < -0.39 is 5.97 Å². The van der Waals surface area contributed by atoms with Gasteiger partial charge in [0, 0.05) is 6.54 Å². The quantitative estimate of drug-likeness (QED) is 0.751. The highest BCUT2D eigenvalue weighted by molar-refractivity contribution is 5.72. The molecule has 1 saturated heterocycles. The molecule has 0 radical (unpaired) electrons. The second-order valence-corrected chi connectivity index (χ2v) is 4.28. The molecule has 1 heterocycles. The second kappa shape index (κ2) is 6.89. The predicted octanol–water partition coefficient (Wildman–Crippen LogP) is 2.86. The molecular formula is C13H27NO2.